The smallest absolute Gasteiger partial charge is 0.271 e. The van der Waals surface area contributed by atoms with Crippen LogP contribution < -0.4 is 5.32 Å². The monoisotopic (exact) mass is 419 g/mol. The molecule has 2 heterocycles. The van der Waals surface area contributed by atoms with Gasteiger partial charge in [0.2, 0.25) is 5.91 Å². The third-order valence-corrected chi connectivity index (χ3v) is 6.11. The van der Waals surface area contributed by atoms with Crippen molar-refractivity contribution in [1.29, 1.82) is 0 Å². The lowest BCUT2D eigenvalue weighted by Crippen LogP contribution is -2.39. The van der Waals surface area contributed by atoms with Crippen molar-refractivity contribution in [3.63, 3.8) is 0 Å². The van der Waals surface area contributed by atoms with Gasteiger partial charge in [-0.05, 0) is 24.6 Å². The largest absolute Gasteiger partial charge is 0.342 e. The van der Waals surface area contributed by atoms with Crippen molar-refractivity contribution in [2.75, 3.05) is 13.1 Å². The van der Waals surface area contributed by atoms with Gasteiger partial charge in [0.15, 0.2) is 0 Å². The van der Waals surface area contributed by atoms with Gasteiger partial charge >= 0.3 is 0 Å². The molecular weight excluding hydrogens is 402 g/mol. The fraction of sp³-hybridized carbons (Fsp3) is 0.211. The topological polar surface area (TPSA) is 62.3 Å². The summed E-state index contributed by atoms with van der Waals surface area (Å²) in [4.78, 5) is 31.7. The van der Waals surface area contributed by atoms with E-state index in [0.717, 1.165) is 15.4 Å². The van der Waals surface area contributed by atoms with E-state index in [1.165, 1.54) is 22.7 Å². The normalized spacial score (nSPS) is 10.6. The quantitative estimate of drug-likeness (QED) is 0.620. The zero-order valence-electron chi connectivity index (χ0n) is 14.6. The van der Waals surface area contributed by atoms with Crippen LogP contribution in [0.2, 0.25) is 4.34 Å². The van der Waals surface area contributed by atoms with E-state index in [0.29, 0.717) is 23.1 Å². The highest BCUT2D eigenvalue weighted by Gasteiger charge is 2.16. The molecule has 3 aromatic rings. The predicted octanol–water partition coefficient (Wildman–Crippen LogP) is 4.30. The van der Waals surface area contributed by atoms with Gasteiger partial charge < -0.3 is 10.2 Å². The van der Waals surface area contributed by atoms with Crippen LogP contribution in [0.1, 0.15) is 23.0 Å². The summed E-state index contributed by atoms with van der Waals surface area (Å²) in [6.45, 7) is 2.95. The fourth-order valence-electron chi connectivity index (χ4n) is 2.46. The first-order valence-electron chi connectivity index (χ1n) is 8.38. The SMILES string of the molecule is CCN(Cc1ccccc1)C(=O)CNC(=O)c1csc(-c2ccc(Cl)s2)n1. The first-order chi connectivity index (χ1) is 13.1. The second-order valence-corrected chi connectivity index (χ2v) is 8.29. The number of nitrogens with one attached hydrogen (secondary N) is 1. The van der Waals surface area contributed by atoms with Crippen molar-refractivity contribution in [1.82, 2.24) is 15.2 Å². The van der Waals surface area contributed by atoms with E-state index in [2.05, 4.69) is 10.3 Å². The molecule has 2 amide bonds. The minimum absolute atomic E-state index is 0.0583. The van der Waals surface area contributed by atoms with E-state index in [1.807, 2.05) is 43.3 Å². The van der Waals surface area contributed by atoms with Crippen LogP contribution in [0.5, 0.6) is 0 Å². The molecular formula is C19H18ClN3O2S2. The molecule has 0 aliphatic heterocycles. The number of aromatic nitrogens is 1. The van der Waals surface area contributed by atoms with Gasteiger partial charge in [-0.15, -0.1) is 22.7 Å². The van der Waals surface area contributed by atoms with Gasteiger partial charge in [-0.3, -0.25) is 9.59 Å². The highest BCUT2D eigenvalue weighted by molar-refractivity contribution is 7.23. The average molecular weight is 420 g/mol. The van der Waals surface area contributed by atoms with E-state index in [9.17, 15) is 9.59 Å². The van der Waals surface area contributed by atoms with Gasteiger partial charge in [0.1, 0.15) is 10.7 Å². The average Bonchev–Trinajstić information content (AvgIpc) is 3.33. The van der Waals surface area contributed by atoms with Crippen molar-refractivity contribution >= 4 is 46.1 Å². The Labute approximate surface area is 170 Å². The van der Waals surface area contributed by atoms with Crippen molar-refractivity contribution in [2.24, 2.45) is 0 Å². The molecule has 0 fully saturated rings. The fourth-order valence-corrected chi connectivity index (χ4v) is 4.37. The number of benzene rings is 1. The molecule has 0 radical (unpaired) electrons. The number of hydrogen-bond acceptors (Lipinski definition) is 5. The molecule has 1 N–H and O–H groups in total. The second kappa shape index (κ2) is 9.12. The lowest BCUT2D eigenvalue weighted by atomic mass is 10.2. The van der Waals surface area contributed by atoms with E-state index in [-0.39, 0.29) is 18.4 Å². The Hall–Kier alpha value is -2.22. The summed E-state index contributed by atoms with van der Waals surface area (Å²) >= 11 is 8.73. The zero-order chi connectivity index (χ0) is 19.2. The van der Waals surface area contributed by atoms with Gasteiger partial charge in [-0.25, -0.2) is 4.98 Å². The first-order valence-corrected chi connectivity index (χ1v) is 10.5. The Morgan fingerprint density at radius 1 is 1.19 bits per heavy atom. The lowest BCUT2D eigenvalue weighted by molar-refractivity contribution is -0.130. The van der Waals surface area contributed by atoms with Gasteiger partial charge in [0, 0.05) is 18.5 Å². The van der Waals surface area contributed by atoms with E-state index in [4.69, 9.17) is 11.6 Å². The number of halogens is 1. The van der Waals surface area contributed by atoms with Crippen LogP contribution in [0.3, 0.4) is 0 Å². The summed E-state index contributed by atoms with van der Waals surface area (Å²) in [5.41, 5.74) is 1.36. The lowest BCUT2D eigenvalue weighted by Gasteiger charge is -2.21. The molecule has 0 saturated heterocycles. The number of thiazole rings is 1. The molecule has 1 aromatic carbocycles. The summed E-state index contributed by atoms with van der Waals surface area (Å²) in [6.07, 6.45) is 0. The molecule has 8 heteroatoms. The predicted molar refractivity (Wildman–Crippen MR) is 110 cm³/mol. The van der Waals surface area contributed by atoms with Crippen molar-refractivity contribution in [2.45, 2.75) is 13.5 Å². The zero-order valence-corrected chi connectivity index (χ0v) is 17.0. The maximum absolute atomic E-state index is 12.4. The molecule has 0 atom stereocenters. The second-order valence-electron chi connectivity index (χ2n) is 5.72. The summed E-state index contributed by atoms with van der Waals surface area (Å²) in [5.74, 6) is -0.487. The molecule has 0 aliphatic rings. The molecule has 3 rings (SSSR count). The number of likely N-dealkylation sites (N-methyl/N-ethyl adjacent to an activating group) is 1. The molecule has 0 aliphatic carbocycles. The molecule has 27 heavy (non-hydrogen) atoms. The molecule has 0 unspecified atom stereocenters. The number of hydrogen-bond donors (Lipinski definition) is 1. The Balaban J connectivity index is 1.56. The Morgan fingerprint density at radius 3 is 2.63 bits per heavy atom. The van der Waals surface area contributed by atoms with E-state index in [1.54, 1.807) is 16.3 Å². The molecule has 0 spiro atoms. The summed E-state index contributed by atoms with van der Waals surface area (Å²) < 4.78 is 0.676. The van der Waals surface area contributed by atoms with Crippen LogP contribution in [0.4, 0.5) is 0 Å². The number of amides is 2. The number of carbonyl (C=O) groups excluding carboxylic acids is 2. The van der Waals surface area contributed by atoms with Gasteiger partial charge in [0.25, 0.3) is 5.91 Å². The maximum atomic E-state index is 12.4. The van der Waals surface area contributed by atoms with E-state index >= 15 is 0 Å². The van der Waals surface area contributed by atoms with Crippen molar-refractivity contribution in [3.8, 4) is 9.88 Å². The van der Waals surface area contributed by atoms with Gasteiger partial charge in [0.05, 0.1) is 15.8 Å². The number of nitrogens with zero attached hydrogens (tertiary/aromatic N) is 2. The van der Waals surface area contributed by atoms with Crippen molar-refractivity contribution in [3.05, 3.63) is 63.4 Å². The maximum Gasteiger partial charge on any atom is 0.271 e. The minimum atomic E-state index is -0.357. The highest BCUT2D eigenvalue weighted by atomic mass is 35.5. The number of rotatable bonds is 7. The van der Waals surface area contributed by atoms with Crippen LogP contribution in [-0.4, -0.2) is 34.8 Å². The van der Waals surface area contributed by atoms with Gasteiger partial charge in [-0.1, -0.05) is 41.9 Å². The van der Waals surface area contributed by atoms with Crippen LogP contribution in [0, 0.1) is 0 Å². The third-order valence-electron chi connectivity index (χ3n) is 3.87. The van der Waals surface area contributed by atoms with Crippen LogP contribution in [0.25, 0.3) is 9.88 Å². The van der Waals surface area contributed by atoms with Crippen LogP contribution in [0.15, 0.2) is 47.8 Å². The Bertz CT molecular complexity index is 924. The summed E-state index contributed by atoms with van der Waals surface area (Å²) in [6, 6.07) is 13.4. The minimum Gasteiger partial charge on any atom is -0.342 e. The number of thiophene rings is 1. The Kier molecular flexibility index (Phi) is 6.60. The van der Waals surface area contributed by atoms with E-state index < -0.39 is 0 Å². The summed E-state index contributed by atoms with van der Waals surface area (Å²) in [5, 5.41) is 5.08. The van der Waals surface area contributed by atoms with Crippen LogP contribution in [-0.2, 0) is 11.3 Å². The standard InChI is InChI=1S/C19H18ClN3O2S2/c1-2-23(11-13-6-4-3-5-7-13)17(24)10-21-18(25)14-12-26-19(22-14)15-8-9-16(20)27-15/h3-9,12H,2,10-11H2,1H3,(H,21,25). The number of carbonyl (C=O) groups is 2. The van der Waals surface area contributed by atoms with Crippen molar-refractivity contribution < 1.29 is 9.59 Å². The third kappa shape index (κ3) is 5.15. The highest BCUT2D eigenvalue weighted by Crippen LogP contribution is 2.32. The molecule has 0 bridgehead atoms. The molecule has 140 valence electrons. The summed E-state index contributed by atoms with van der Waals surface area (Å²) in [7, 11) is 0. The Morgan fingerprint density at radius 2 is 1.96 bits per heavy atom. The first kappa shape index (κ1) is 19.5. The molecule has 2 aromatic heterocycles. The van der Waals surface area contributed by atoms with Crippen LogP contribution >= 0.6 is 34.3 Å². The molecule has 5 nitrogen and oxygen atoms in total. The van der Waals surface area contributed by atoms with Gasteiger partial charge in [-0.2, -0.15) is 0 Å². The molecule has 0 saturated carbocycles.